The molecule has 0 spiro atoms. The van der Waals surface area contributed by atoms with E-state index in [2.05, 4.69) is 0 Å². The van der Waals surface area contributed by atoms with Crippen molar-refractivity contribution in [1.82, 2.24) is 0 Å². The van der Waals surface area contributed by atoms with E-state index >= 15 is 0 Å². The van der Waals surface area contributed by atoms with Gasteiger partial charge in [0, 0.05) is 0 Å². The minimum absolute atomic E-state index is 0. The van der Waals surface area contributed by atoms with Crippen molar-refractivity contribution in [3.63, 3.8) is 0 Å². The van der Waals surface area contributed by atoms with Gasteiger partial charge in [-0.2, -0.15) is 0 Å². The van der Waals surface area contributed by atoms with Crippen molar-refractivity contribution in [1.29, 1.82) is 0 Å². The van der Waals surface area contributed by atoms with Crippen molar-refractivity contribution in [3.05, 3.63) is 0 Å². The van der Waals surface area contributed by atoms with Crippen molar-refractivity contribution < 1.29 is 204 Å². The fraction of sp³-hybridized carbons (Fsp3) is 1.00. The van der Waals surface area contributed by atoms with Gasteiger partial charge in [-0.05, 0) is 0 Å². The SMILES string of the molecule is O.OC[C@@H]1OC2O[C@@H]3[C@@H](O)[C@H](O)[C@H](O[C@@H]4[C@@H](O)[C@H](O)[C@H](O[C@@H]5[C@@H](O)[C@H](O)[C@H](O[C@H]6[C@H](O)[C@@H](O)[C@@H](O[C@H]7[C@H](O)[C@@H](O)[C@@H](O[C@H]8[C@H](O)[C@@H](O)[C@@H](O[C@@H]9[C@@H](O)[C@H](O)[C@H](O[C@@H]1[C@@H](O)[C@@H]2O)O[C@H]9CO)O[C@@H]8CO)O[C@@H]7CO)O[C@@H]6CO)O[C@H]5CO)O[C@H]4CO)O[C@H]3CO. The average Bonchev–Trinajstić information content (AvgIpc) is 1.07. The molecule has 0 aliphatic carbocycles. The number of rotatable bonds is 8. The first-order valence-electron chi connectivity index (χ1n) is 28.1. The molecule has 520 valence electrons. The first-order chi connectivity index (χ1) is 41.9. The molecule has 41 nitrogen and oxygen atoms in total. The number of ether oxygens (including phenoxy) is 16. The molecule has 0 saturated carbocycles. The second kappa shape index (κ2) is 31.0. The highest BCUT2D eigenvalue weighted by Gasteiger charge is 2.60. The summed E-state index contributed by atoms with van der Waals surface area (Å²) in [6.45, 7) is -8.64. The van der Waals surface area contributed by atoms with Crippen LogP contribution in [0.2, 0.25) is 0 Å². The van der Waals surface area contributed by atoms with Crippen molar-refractivity contribution in [2.75, 3.05) is 52.9 Å². The van der Waals surface area contributed by atoms with E-state index < -0.39 is 299 Å². The topological polar surface area (TPSA) is 665 Å². The molecule has 41 heteroatoms. The van der Waals surface area contributed by atoms with Crippen LogP contribution in [0.5, 0.6) is 0 Å². The number of hydrogen-bond acceptors (Lipinski definition) is 40. The Hall–Kier alpha value is -1.64. The quantitative estimate of drug-likeness (QED) is 0.107. The summed E-state index contributed by atoms with van der Waals surface area (Å²) in [4.78, 5) is 0. The lowest BCUT2D eigenvalue weighted by molar-refractivity contribution is -0.404. The van der Waals surface area contributed by atoms with Gasteiger partial charge in [-0.15, -0.1) is 0 Å². The number of aliphatic hydroxyl groups is 24. The summed E-state index contributed by atoms with van der Waals surface area (Å²) in [5.41, 5.74) is 0. The van der Waals surface area contributed by atoms with Gasteiger partial charge < -0.3 is 204 Å². The van der Waals surface area contributed by atoms with Gasteiger partial charge in [0.05, 0.1) is 52.9 Å². The van der Waals surface area contributed by atoms with E-state index in [1.165, 1.54) is 0 Å². The molecule has 0 aromatic carbocycles. The van der Waals surface area contributed by atoms with E-state index in [0.717, 1.165) is 0 Å². The summed E-state index contributed by atoms with van der Waals surface area (Å²) in [7, 11) is 0. The van der Waals surface area contributed by atoms with E-state index in [9.17, 15) is 123 Å². The highest BCUT2D eigenvalue weighted by Crippen LogP contribution is 2.40. The molecule has 89 heavy (non-hydrogen) atoms. The van der Waals surface area contributed by atoms with Crippen LogP contribution in [0.1, 0.15) is 0 Å². The lowest BCUT2D eigenvalue weighted by atomic mass is 9.94. The van der Waals surface area contributed by atoms with E-state index in [-0.39, 0.29) is 5.48 Å². The van der Waals surface area contributed by atoms with Gasteiger partial charge in [0.2, 0.25) is 0 Å². The molecule has 30 heterocycles. The van der Waals surface area contributed by atoms with Crippen molar-refractivity contribution in [3.8, 4) is 0 Å². The van der Waals surface area contributed by atoms with Gasteiger partial charge in [0.15, 0.2) is 50.3 Å². The fourth-order valence-corrected chi connectivity index (χ4v) is 11.9. The number of hydrogen-bond donors (Lipinski definition) is 24. The summed E-state index contributed by atoms with van der Waals surface area (Å²) in [6, 6.07) is 0. The van der Waals surface area contributed by atoms with E-state index in [0.29, 0.717) is 0 Å². The molecule has 0 radical (unpaired) electrons. The molecule has 0 aromatic rings. The molecule has 40 atom stereocenters. The first kappa shape index (κ1) is 73.2. The van der Waals surface area contributed by atoms with Gasteiger partial charge in [-0.1, -0.05) is 0 Å². The molecule has 0 aromatic heterocycles. The molecule has 16 bridgehead atoms. The smallest absolute Gasteiger partial charge is 0.187 e. The molecular formula is C48H82O41. The maximum absolute atomic E-state index is 11.4. The van der Waals surface area contributed by atoms with E-state index in [1.54, 1.807) is 0 Å². The average molecular weight is 1320 g/mol. The Morgan fingerprint density at radius 1 is 0.146 bits per heavy atom. The fourth-order valence-electron chi connectivity index (χ4n) is 11.9. The summed E-state index contributed by atoms with van der Waals surface area (Å²) in [6.07, 6.45) is -82.0. The van der Waals surface area contributed by atoms with Gasteiger partial charge in [0.1, 0.15) is 195 Å². The summed E-state index contributed by atoms with van der Waals surface area (Å²) in [5, 5.41) is 265. The Labute approximate surface area is 501 Å². The zero-order valence-electron chi connectivity index (χ0n) is 46.5. The van der Waals surface area contributed by atoms with E-state index in [4.69, 9.17) is 75.8 Å². The lowest BCUT2D eigenvalue weighted by Gasteiger charge is -2.50. The van der Waals surface area contributed by atoms with Crippen LogP contribution in [-0.2, 0) is 75.8 Å². The van der Waals surface area contributed by atoms with Crippen molar-refractivity contribution in [2.24, 2.45) is 0 Å². The van der Waals surface area contributed by atoms with Gasteiger partial charge in [0.25, 0.3) is 0 Å². The normalized spacial score (nSPS) is 54.7. The third kappa shape index (κ3) is 14.4. The van der Waals surface area contributed by atoms with Crippen LogP contribution >= 0.6 is 0 Å². The maximum Gasteiger partial charge on any atom is 0.187 e. The highest BCUT2D eigenvalue weighted by molar-refractivity contribution is 5.02. The molecule has 0 amide bonds. The molecular weight excluding hydrogens is 1230 g/mol. The first-order valence-corrected chi connectivity index (χ1v) is 28.1. The number of aliphatic hydroxyl groups excluding tert-OH is 24. The zero-order chi connectivity index (χ0) is 64.1. The lowest BCUT2D eigenvalue weighted by Crippen LogP contribution is -2.69. The van der Waals surface area contributed by atoms with Crippen LogP contribution in [0.3, 0.4) is 0 Å². The molecule has 30 aliphatic heterocycles. The Kier molecular flexibility index (Phi) is 25.5. The van der Waals surface area contributed by atoms with Crippen LogP contribution in [0, 0.1) is 0 Å². The Morgan fingerprint density at radius 2 is 0.236 bits per heavy atom. The Bertz CT molecular complexity index is 1710. The third-order valence-electron chi connectivity index (χ3n) is 16.9. The monoisotopic (exact) mass is 1310 g/mol. The zero-order valence-corrected chi connectivity index (χ0v) is 46.5. The van der Waals surface area contributed by atoms with E-state index in [1.807, 2.05) is 0 Å². The molecule has 30 saturated heterocycles. The molecule has 30 fully saturated rings. The summed E-state index contributed by atoms with van der Waals surface area (Å²) >= 11 is 0. The summed E-state index contributed by atoms with van der Waals surface area (Å²) in [5.74, 6) is 0. The minimum atomic E-state index is -2.25. The molecule has 30 rings (SSSR count). The predicted octanol–water partition coefficient (Wildman–Crippen LogP) is -18.2. The molecule has 1 unspecified atom stereocenters. The molecule has 26 N–H and O–H groups in total. The predicted molar refractivity (Wildman–Crippen MR) is 265 cm³/mol. The second-order valence-corrected chi connectivity index (χ2v) is 22.5. The minimum Gasteiger partial charge on any atom is -0.412 e. The van der Waals surface area contributed by atoms with Crippen LogP contribution in [-0.4, -0.2) is 427 Å². The van der Waals surface area contributed by atoms with Crippen LogP contribution in [0.25, 0.3) is 0 Å². The van der Waals surface area contributed by atoms with Crippen LogP contribution < -0.4 is 0 Å². The highest BCUT2D eigenvalue weighted by atomic mass is 16.8. The van der Waals surface area contributed by atoms with Gasteiger partial charge >= 0.3 is 0 Å². The Balaban J connectivity index is 0.0000102. The standard InChI is InChI=1S/C48H80O40.H2O/c49-1-9-33-17(57)25(65)41(73-9)82-34-10(2-50)75-43(27(67)19(34)59)84-36-12(4-52)77-45(29(69)21(36)61)86-38-14(6-54)79-47(31(71)23(38)63)88-40-16(8-56)80-48(32(72)24(40)64)87-39-15(7-55)78-46(30(70)22(39)62)85-37-13(5-53)76-44(28(68)20(37)60)83-35-11(3-51)74-42(81-33)26(66)18(35)58;/h9-72H,1-8H2;1H2/t9-,10-,11-,12-,13-,14+,15+,16+,17-,18-,19-,20-,21-,22+,23+,24+,25-,26-,27-,28-,29-,30+,31+,32+,33-,34-,35-,36-,37-,38+,39+,40+,41-,42?,43-,44-,45-,46+,47+,48+;/m0./s1. The largest absolute Gasteiger partial charge is 0.412 e. The second-order valence-electron chi connectivity index (χ2n) is 22.5. The third-order valence-corrected chi connectivity index (χ3v) is 16.9. The van der Waals surface area contributed by atoms with Gasteiger partial charge in [-0.3, -0.25) is 0 Å². The van der Waals surface area contributed by atoms with Gasteiger partial charge in [-0.25, -0.2) is 0 Å². The van der Waals surface area contributed by atoms with Crippen LogP contribution in [0.4, 0.5) is 0 Å². The van der Waals surface area contributed by atoms with Crippen molar-refractivity contribution in [2.45, 2.75) is 246 Å². The maximum atomic E-state index is 11.4. The van der Waals surface area contributed by atoms with Crippen LogP contribution in [0.15, 0.2) is 0 Å². The van der Waals surface area contributed by atoms with Crippen molar-refractivity contribution >= 4 is 0 Å². The summed E-state index contributed by atoms with van der Waals surface area (Å²) < 4.78 is 91.1. The molecule has 30 aliphatic rings. The Morgan fingerprint density at radius 3 is 0.315 bits per heavy atom.